The lowest BCUT2D eigenvalue weighted by Gasteiger charge is -2.18. The van der Waals surface area contributed by atoms with Gasteiger partial charge in [-0.15, -0.1) is 0 Å². The van der Waals surface area contributed by atoms with E-state index in [0.717, 1.165) is 17.5 Å². The standard InChI is InChI=1S/C22H27NO3/c1-4-19(20-8-6-5-7-9-20)15-23-22(25)17(3)26-21(24)14-18-12-10-16(2)11-13-18/h5-13,17,19H,4,14-15H2,1-3H3,(H,23,25)/t17-,19-/m1/s1. The van der Waals surface area contributed by atoms with Crippen LogP contribution in [-0.4, -0.2) is 24.5 Å². The number of benzene rings is 2. The van der Waals surface area contributed by atoms with E-state index in [0.29, 0.717) is 6.54 Å². The molecule has 4 nitrogen and oxygen atoms in total. The van der Waals surface area contributed by atoms with Crippen LogP contribution in [0.15, 0.2) is 54.6 Å². The number of aryl methyl sites for hydroxylation is 1. The zero-order valence-corrected chi connectivity index (χ0v) is 15.7. The maximum atomic E-state index is 12.2. The number of ether oxygens (including phenoxy) is 1. The second kappa shape index (κ2) is 9.76. The van der Waals surface area contributed by atoms with Gasteiger partial charge in [0.1, 0.15) is 0 Å². The highest BCUT2D eigenvalue weighted by molar-refractivity contribution is 5.83. The van der Waals surface area contributed by atoms with Gasteiger partial charge in [0.15, 0.2) is 6.10 Å². The molecule has 138 valence electrons. The molecule has 0 aliphatic carbocycles. The second-order valence-electron chi connectivity index (χ2n) is 6.56. The molecule has 1 amide bonds. The van der Waals surface area contributed by atoms with Gasteiger partial charge in [0.25, 0.3) is 5.91 Å². The van der Waals surface area contributed by atoms with Crippen LogP contribution in [0, 0.1) is 6.92 Å². The third-order valence-electron chi connectivity index (χ3n) is 4.43. The van der Waals surface area contributed by atoms with E-state index in [2.05, 4.69) is 24.4 Å². The third-order valence-corrected chi connectivity index (χ3v) is 4.43. The highest BCUT2D eigenvalue weighted by Gasteiger charge is 2.19. The Bertz CT molecular complexity index is 710. The summed E-state index contributed by atoms with van der Waals surface area (Å²) in [6.07, 6.45) is 0.284. The molecule has 0 radical (unpaired) electrons. The van der Waals surface area contributed by atoms with Gasteiger partial charge in [-0.1, -0.05) is 67.1 Å². The minimum Gasteiger partial charge on any atom is -0.452 e. The Balaban J connectivity index is 1.81. The summed E-state index contributed by atoms with van der Waals surface area (Å²) in [5, 5.41) is 2.89. The Morgan fingerprint density at radius 3 is 2.31 bits per heavy atom. The summed E-state index contributed by atoms with van der Waals surface area (Å²) in [5.74, 6) is -0.418. The van der Waals surface area contributed by atoms with Gasteiger partial charge in [0.05, 0.1) is 6.42 Å². The zero-order valence-electron chi connectivity index (χ0n) is 15.7. The Morgan fingerprint density at radius 1 is 1.04 bits per heavy atom. The fourth-order valence-electron chi connectivity index (χ4n) is 2.76. The van der Waals surface area contributed by atoms with E-state index < -0.39 is 12.1 Å². The van der Waals surface area contributed by atoms with Crippen molar-refractivity contribution in [1.82, 2.24) is 5.32 Å². The number of carbonyl (C=O) groups is 2. The predicted molar refractivity (Wildman–Crippen MR) is 103 cm³/mol. The molecule has 4 heteroatoms. The highest BCUT2D eigenvalue weighted by atomic mass is 16.5. The van der Waals surface area contributed by atoms with Crippen LogP contribution in [0.3, 0.4) is 0 Å². The molecule has 2 aromatic rings. The number of nitrogens with one attached hydrogen (secondary N) is 1. The molecule has 2 rings (SSSR count). The summed E-state index contributed by atoms with van der Waals surface area (Å²) in [5.41, 5.74) is 3.21. The first kappa shape index (κ1) is 19.7. The van der Waals surface area contributed by atoms with Crippen molar-refractivity contribution in [3.05, 3.63) is 71.3 Å². The molecule has 1 N–H and O–H groups in total. The topological polar surface area (TPSA) is 55.4 Å². The molecule has 0 fully saturated rings. The average Bonchev–Trinajstić information content (AvgIpc) is 2.64. The number of amides is 1. The van der Waals surface area contributed by atoms with Crippen molar-refractivity contribution in [1.29, 1.82) is 0 Å². The van der Waals surface area contributed by atoms with E-state index >= 15 is 0 Å². The molecule has 0 unspecified atom stereocenters. The second-order valence-corrected chi connectivity index (χ2v) is 6.56. The molecule has 0 aliphatic rings. The maximum Gasteiger partial charge on any atom is 0.311 e. The summed E-state index contributed by atoms with van der Waals surface area (Å²) in [7, 11) is 0. The molecule has 2 aromatic carbocycles. The predicted octanol–water partition coefficient (Wildman–Crippen LogP) is 3.78. The molecule has 0 heterocycles. The molecule has 0 aliphatic heterocycles. The molecule has 0 saturated carbocycles. The first-order valence-corrected chi connectivity index (χ1v) is 9.07. The van der Waals surface area contributed by atoms with Crippen molar-refractivity contribution < 1.29 is 14.3 Å². The smallest absolute Gasteiger partial charge is 0.311 e. The monoisotopic (exact) mass is 353 g/mol. The molecular formula is C22H27NO3. The fourth-order valence-corrected chi connectivity index (χ4v) is 2.76. The Kier molecular flexibility index (Phi) is 7.39. The SMILES string of the molecule is CC[C@H](CNC(=O)[C@@H](C)OC(=O)Cc1ccc(C)cc1)c1ccccc1. The molecule has 2 atom stereocenters. The first-order valence-electron chi connectivity index (χ1n) is 9.07. The van der Waals surface area contributed by atoms with Crippen LogP contribution in [0.4, 0.5) is 0 Å². The lowest BCUT2D eigenvalue weighted by molar-refractivity contribution is -0.154. The van der Waals surface area contributed by atoms with E-state index in [9.17, 15) is 9.59 Å². The van der Waals surface area contributed by atoms with Gasteiger partial charge in [-0.2, -0.15) is 0 Å². The number of carbonyl (C=O) groups excluding carboxylic acids is 2. The van der Waals surface area contributed by atoms with E-state index in [-0.39, 0.29) is 18.2 Å². The molecule has 0 saturated heterocycles. The van der Waals surface area contributed by atoms with Crippen LogP contribution in [0.2, 0.25) is 0 Å². The van der Waals surface area contributed by atoms with E-state index in [1.54, 1.807) is 6.92 Å². The first-order chi connectivity index (χ1) is 12.5. The Morgan fingerprint density at radius 2 is 1.69 bits per heavy atom. The van der Waals surface area contributed by atoms with E-state index in [1.165, 1.54) is 5.56 Å². The van der Waals surface area contributed by atoms with Gasteiger partial charge in [0, 0.05) is 12.5 Å². The normalized spacial score (nSPS) is 12.9. The number of hydrogen-bond acceptors (Lipinski definition) is 3. The molecule has 0 aromatic heterocycles. The van der Waals surface area contributed by atoms with Gasteiger partial charge in [-0.25, -0.2) is 0 Å². The van der Waals surface area contributed by atoms with Crippen molar-refractivity contribution in [3.63, 3.8) is 0 Å². The van der Waals surface area contributed by atoms with Crippen LogP contribution in [0.5, 0.6) is 0 Å². The number of esters is 1. The lowest BCUT2D eigenvalue weighted by atomic mass is 9.96. The largest absolute Gasteiger partial charge is 0.452 e. The quantitative estimate of drug-likeness (QED) is 0.735. The van der Waals surface area contributed by atoms with E-state index in [4.69, 9.17) is 4.74 Å². The van der Waals surface area contributed by atoms with Gasteiger partial charge in [-0.3, -0.25) is 9.59 Å². The summed E-state index contributed by atoms with van der Waals surface area (Å²) in [6.45, 7) is 6.22. The van der Waals surface area contributed by atoms with Gasteiger partial charge >= 0.3 is 5.97 Å². The van der Waals surface area contributed by atoms with Crippen molar-refractivity contribution in [2.75, 3.05) is 6.54 Å². The number of hydrogen-bond donors (Lipinski definition) is 1. The van der Waals surface area contributed by atoms with Crippen molar-refractivity contribution >= 4 is 11.9 Å². The third kappa shape index (κ3) is 6.03. The van der Waals surface area contributed by atoms with Crippen LogP contribution < -0.4 is 5.32 Å². The summed E-state index contributed by atoms with van der Waals surface area (Å²) in [4.78, 5) is 24.3. The Hall–Kier alpha value is -2.62. The van der Waals surface area contributed by atoms with Crippen LogP contribution in [0.1, 0.15) is 42.9 Å². The zero-order chi connectivity index (χ0) is 18.9. The number of rotatable bonds is 8. The summed E-state index contributed by atoms with van der Waals surface area (Å²) >= 11 is 0. The molecule has 0 spiro atoms. The van der Waals surface area contributed by atoms with Crippen molar-refractivity contribution in [2.45, 2.75) is 45.6 Å². The fraction of sp³-hybridized carbons (Fsp3) is 0.364. The van der Waals surface area contributed by atoms with Crippen LogP contribution in [-0.2, 0) is 20.7 Å². The van der Waals surface area contributed by atoms with Crippen LogP contribution in [0.25, 0.3) is 0 Å². The average molecular weight is 353 g/mol. The van der Waals surface area contributed by atoms with E-state index in [1.807, 2.05) is 49.4 Å². The van der Waals surface area contributed by atoms with Gasteiger partial charge < -0.3 is 10.1 Å². The van der Waals surface area contributed by atoms with Crippen LogP contribution >= 0.6 is 0 Å². The lowest BCUT2D eigenvalue weighted by Crippen LogP contribution is -2.38. The maximum absolute atomic E-state index is 12.2. The molecular weight excluding hydrogens is 326 g/mol. The summed E-state index contributed by atoms with van der Waals surface area (Å²) < 4.78 is 5.27. The minimum atomic E-state index is -0.804. The van der Waals surface area contributed by atoms with Crippen molar-refractivity contribution in [3.8, 4) is 0 Å². The molecule has 26 heavy (non-hydrogen) atoms. The van der Waals surface area contributed by atoms with Gasteiger partial charge in [-0.05, 0) is 31.4 Å². The minimum absolute atomic E-state index is 0.166. The molecule has 0 bridgehead atoms. The Labute approximate surface area is 155 Å². The van der Waals surface area contributed by atoms with Crippen molar-refractivity contribution in [2.24, 2.45) is 0 Å². The summed E-state index contributed by atoms with van der Waals surface area (Å²) in [6, 6.07) is 17.8. The highest BCUT2D eigenvalue weighted by Crippen LogP contribution is 2.18. The van der Waals surface area contributed by atoms with Gasteiger partial charge in [0.2, 0.25) is 0 Å².